The van der Waals surface area contributed by atoms with E-state index in [0.29, 0.717) is 38.4 Å². The maximum atomic E-state index is 12.2. The number of nitrogens with zero attached hydrogens (tertiary/aromatic N) is 3. The van der Waals surface area contributed by atoms with E-state index in [2.05, 4.69) is 51.9 Å². The molecule has 3 atom stereocenters. The third-order valence-corrected chi connectivity index (χ3v) is 13.8. The number of hydrogen-bond donors (Lipinski definition) is 5. The number of rotatable bonds is 11. The van der Waals surface area contributed by atoms with E-state index in [9.17, 15) is 49.5 Å². The number of fused-ring (bicyclic) bond motifs is 3. The van der Waals surface area contributed by atoms with Crippen molar-refractivity contribution in [3.8, 4) is 17.2 Å². The summed E-state index contributed by atoms with van der Waals surface area (Å²) in [7, 11) is 2.09. The molecule has 9 rings (SSSR count). The molecule has 1 aromatic heterocycles. The number of carboxylic acid groups (broad SMARTS) is 3. The number of hydrogen-bond acceptors (Lipinski definition) is 13. The van der Waals surface area contributed by atoms with Gasteiger partial charge >= 0.3 is 63.3 Å². The number of amides is 2. The molecule has 3 aliphatic heterocycles. The number of ether oxygens (including phenoxy) is 1. The number of carbonyl (C=O) groups excluding carboxylic acids is 3. The van der Waals surface area contributed by atoms with Crippen LogP contribution in [0.15, 0.2) is 120 Å². The van der Waals surface area contributed by atoms with Crippen LogP contribution in [0.4, 0.5) is 0 Å². The monoisotopic (exact) mass is 982 g/mol. The Kier molecular flexibility index (Phi) is 17.2. The largest absolute Gasteiger partial charge is 1.00 e. The number of benzene rings is 5. The van der Waals surface area contributed by atoms with Crippen molar-refractivity contribution in [1.82, 2.24) is 15.1 Å². The molecule has 0 unspecified atom stereocenters. The molecule has 2 amide bonds. The van der Waals surface area contributed by atoms with Crippen molar-refractivity contribution in [3.63, 3.8) is 0 Å². The van der Waals surface area contributed by atoms with Crippen LogP contribution in [-0.2, 0) is 20.8 Å². The first-order valence-corrected chi connectivity index (χ1v) is 22.9. The van der Waals surface area contributed by atoms with Crippen LogP contribution in [0.1, 0.15) is 57.0 Å². The van der Waals surface area contributed by atoms with Crippen LogP contribution in [0.25, 0.3) is 27.6 Å². The van der Waals surface area contributed by atoms with Crippen LogP contribution < -0.4 is 66.5 Å². The molecule has 4 heterocycles. The number of aliphatic imine (C=N–C) groups is 1. The number of para-hydroxylation sites is 1. The van der Waals surface area contributed by atoms with Gasteiger partial charge in [-0.1, -0.05) is 72.8 Å². The van der Waals surface area contributed by atoms with E-state index in [4.69, 9.17) is 4.74 Å². The zero-order valence-corrected chi connectivity index (χ0v) is 42.4. The van der Waals surface area contributed by atoms with E-state index in [-0.39, 0.29) is 75.5 Å². The number of nitrogens with one attached hydrogen (secondary N) is 1. The van der Waals surface area contributed by atoms with Gasteiger partial charge < -0.3 is 50.2 Å². The van der Waals surface area contributed by atoms with Crippen molar-refractivity contribution in [3.05, 3.63) is 142 Å². The van der Waals surface area contributed by atoms with E-state index in [1.54, 1.807) is 98.0 Å². The van der Waals surface area contributed by atoms with E-state index >= 15 is 0 Å². The summed E-state index contributed by atoms with van der Waals surface area (Å²) in [6.07, 6.45) is 5.37. The molecular formula is C50H47KN4O11S2. The number of β-lactam (4-membered cyclic amide) rings is 1. The van der Waals surface area contributed by atoms with Gasteiger partial charge in [-0.05, 0) is 89.7 Å². The van der Waals surface area contributed by atoms with Crippen molar-refractivity contribution in [2.45, 2.75) is 48.9 Å². The molecule has 0 spiro atoms. The molecule has 0 aliphatic carbocycles. The normalized spacial score (nSPS) is 17.9. The van der Waals surface area contributed by atoms with Gasteiger partial charge in [0, 0.05) is 47.3 Å². The number of thioether (sulfide) groups is 1. The van der Waals surface area contributed by atoms with E-state index in [1.165, 1.54) is 40.1 Å². The van der Waals surface area contributed by atoms with Crippen LogP contribution in [-0.4, -0.2) is 115 Å². The second-order valence-corrected chi connectivity index (χ2v) is 19.1. The Balaban J connectivity index is 0.000000176. The van der Waals surface area contributed by atoms with Gasteiger partial charge in [-0.25, -0.2) is 9.59 Å². The van der Waals surface area contributed by atoms with Gasteiger partial charge in [-0.2, -0.15) is 0 Å². The molecule has 0 saturated carbocycles. The Labute approximate surface area is 442 Å². The van der Waals surface area contributed by atoms with Gasteiger partial charge in [-0.3, -0.25) is 14.6 Å². The molecule has 5 N–H and O–H groups in total. The van der Waals surface area contributed by atoms with Gasteiger partial charge in [-0.15, -0.1) is 23.1 Å². The number of phenols is 2. The van der Waals surface area contributed by atoms with Crippen LogP contribution in [0.2, 0.25) is 0 Å². The molecule has 5 aromatic carbocycles. The number of carboxylic acids is 3. The number of likely N-dealkylation sites (N-methyl/N-ethyl adjacent to an activating group) is 1. The Bertz CT molecular complexity index is 2810. The number of aliphatic carboxylic acids is 1. The van der Waals surface area contributed by atoms with Crippen molar-refractivity contribution in [2.24, 2.45) is 4.99 Å². The van der Waals surface area contributed by atoms with Gasteiger partial charge in [0.15, 0.2) is 6.61 Å². The predicted molar refractivity (Wildman–Crippen MR) is 256 cm³/mol. The number of thiophene rings is 1. The molecule has 0 radical (unpaired) electrons. The fourth-order valence-corrected chi connectivity index (χ4v) is 10.4. The summed E-state index contributed by atoms with van der Waals surface area (Å²) in [5.74, 6) is -3.80. The Hall–Kier alpha value is -5.73. The smallest absolute Gasteiger partial charge is 0.548 e. The van der Waals surface area contributed by atoms with Crippen LogP contribution in [0.3, 0.4) is 0 Å². The summed E-state index contributed by atoms with van der Waals surface area (Å²) in [5, 5.41) is 58.4. The van der Waals surface area contributed by atoms with E-state index in [0.717, 1.165) is 18.9 Å². The van der Waals surface area contributed by atoms with Crippen molar-refractivity contribution >= 4 is 86.3 Å². The van der Waals surface area contributed by atoms with Crippen molar-refractivity contribution in [2.75, 3.05) is 26.7 Å². The van der Waals surface area contributed by atoms with Gasteiger partial charge in [0.2, 0.25) is 5.91 Å². The summed E-state index contributed by atoms with van der Waals surface area (Å²) in [6, 6.07) is 28.1. The van der Waals surface area contributed by atoms with E-state index < -0.39 is 63.4 Å². The summed E-state index contributed by atoms with van der Waals surface area (Å²) in [4.78, 5) is 68.0. The minimum absolute atomic E-state index is 0. The second kappa shape index (κ2) is 22.6. The van der Waals surface area contributed by atoms with Crippen molar-refractivity contribution in [1.29, 1.82) is 0 Å². The second-order valence-electron chi connectivity index (χ2n) is 16.3. The first kappa shape index (κ1) is 51.7. The molecular weight excluding hydrogens is 936 g/mol. The first-order valence-electron chi connectivity index (χ1n) is 21.1. The molecule has 18 heteroatoms. The molecule has 6 aromatic rings. The SMILES string of the molecule is CC1(C)S[C@@H]2[C@H](NC(=O)COc3ccccc3)C(=O)N2[C@H]1C(=O)[O-].CN1CCCN=C1/C=C/c1cccs1.O=C(O)c1cc2ccccc2c(Cc2c(O)c(C(=O)O)cc3ccccc23)c1O.[K+]. The maximum absolute atomic E-state index is 12.2. The standard InChI is InChI=1S/C23H16O6.C16H18N2O5S.C11H14N2S.K/c24-20-16(14-7-3-1-5-12(14)9-18(20)22(26)27)11-17-15-8-4-2-6-13(15)10-19(21(17)25)23(28)29;1-16(2)12(15(21)22)18-13(20)11(14(18)24-16)17-10(19)8-23-9-6-4-3-5-7-9;1-13-8-3-7-12-11(13)6-5-10-4-2-9-14-10;/h1-10,24-25H,11H2,(H,26,27)(H,28,29);3-7,11-12,14H,8H2,1-2H3,(H,17,19)(H,21,22);2,4-6,9H,3,7-8H2,1H3;/q;;;+1/p-1/b;;6-5+;/t;11-,12+,14-;;/m.1../s1. The molecule has 2 fully saturated rings. The summed E-state index contributed by atoms with van der Waals surface area (Å²) in [6.45, 7) is 5.38. The average Bonchev–Trinajstić information content (AvgIpc) is 3.93. The van der Waals surface area contributed by atoms with Gasteiger partial charge in [0.05, 0.1) is 12.0 Å². The minimum atomic E-state index is -1.28. The summed E-state index contributed by atoms with van der Waals surface area (Å²) in [5.41, 5.74) is 0.112. The zero-order valence-electron chi connectivity index (χ0n) is 37.6. The minimum Gasteiger partial charge on any atom is -0.548 e. The fourth-order valence-electron chi connectivity index (χ4n) is 8.15. The predicted octanol–water partition coefficient (Wildman–Crippen LogP) is 3.25. The fraction of sp³-hybridized carbons (Fsp3) is 0.240. The van der Waals surface area contributed by atoms with Gasteiger partial charge in [0.1, 0.15) is 45.6 Å². The Morgan fingerprint density at radius 3 is 1.96 bits per heavy atom. The topological polar surface area (TPSA) is 229 Å². The average molecular weight is 983 g/mol. The Morgan fingerprint density at radius 1 is 0.853 bits per heavy atom. The number of carbonyl (C=O) groups is 5. The molecule has 2 saturated heterocycles. The molecule has 15 nitrogen and oxygen atoms in total. The number of aromatic carboxylic acids is 2. The third kappa shape index (κ3) is 11.6. The third-order valence-electron chi connectivity index (χ3n) is 11.4. The zero-order chi connectivity index (χ0) is 48.0. The molecule has 68 heavy (non-hydrogen) atoms. The molecule has 0 bridgehead atoms. The molecule has 3 aliphatic rings. The molecule has 346 valence electrons. The number of amidine groups is 1. The van der Waals surface area contributed by atoms with E-state index in [1.807, 2.05) is 6.07 Å². The maximum Gasteiger partial charge on any atom is 1.00 e. The first-order chi connectivity index (χ1) is 32.0. The van der Waals surface area contributed by atoms with Crippen LogP contribution in [0, 0.1) is 0 Å². The van der Waals surface area contributed by atoms with Crippen LogP contribution in [0.5, 0.6) is 17.2 Å². The quantitative estimate of drug-likeness (QED) is 0.0929. The van der Waals surface area contributed by atoms with Crippen LogP contribution >= 0.6 is 23.1 Å². The van der Waals surface area contributed by atoms with Gasteiger partial charge in [0.25, 0.3) is 5.91 Å². The number of aromatic hydroxyl groups is 2. The Morgan fingerprint density at radius 2 is 1.43 bits per heavy atom. The summed E-state index contributed by atoms with van der Waals surface area (Å²) >= 11 is 3.10. The summed E-state index contributed by atoms with van der Waals surface area (Å²) < 4.78 is 4.67. The van der Waals surface area contributed by atoms with Crippen molar-refractivity contribution < 1.29 is 106 Å².